The van der Waals surface area contributed by atoms with Gasteiger partial charge in [0.1, 0.15) is 0 Å². The molecule has 0 spiro atoms. The molecule has 0 aliphatic carbocycles. The van der Waals surface area contributed by atoms with Gasteiger partial charge < -0.3 is 9.47 Å². The van der Waals surface area contributed by atoms with Crippen LogP contribution in [0.15, 0.2) is 29.2 Å². The molecule has 0 heterocycles. The van der Waals surface area contributed by atoms with Crippen molar-refractivity contribution >= 4 is 23.7 Å². The van der Waals surface area contributed by atoms with Gasteiger partial charge in [0.2, 0.25) is 0 Å². The number of carbonyl (C=O) groups excluding carboxylic acids is 2. The molecule has 4 nitrogen and oxygen atoms in total. The van der Waals surface area contributed by atoms with Crippen molar-refractivity contribution in [2.75, 3.05) is 20.0 Å². The Bertz CT molecular complexity index is 403. The molecule has 0 aromatic heterocycles. The van der Waals surface area contributed by atoms with Gasteiger partial charge in [0, 0.05) is 4.90 Å². The Kier molecular flexibility index (Phi) is 5.56. The second-order valence-electron chi connectivity index (χ2n) is 3.23. The lowest BCUT2D eigenvalue weighted by Gasteiger charge is -2.07. The molecular formula is C12H14O4S. The molecule has 92 valence electrons. The summed E-state index contributed by atoms with van der Waals surface area (Å²) in [5.41, 5.74) is 0.855. The van der Waals surface area contributed by atoms with Crippen LogP contribution < -0.4 is 0 Å². The van der Waals surface area contributed by atoms with E-state index < -0.39 is 0 Å². The molecule has 5 heteroatoms. The molecule has 0 aliphatic rings. The van der Waals surface area contributed by atoms with Crippen molar-refractivity contribution in [1.29, 1.82) is 0 Å². The van der Waals surface area contributed by atoms with E-state index in [-0.39, 0.29) is 24.1 Å². The van der Waals surface area contributed by atoms with Crippen molar-refractivity contribution in [3.8, 4) is 0 Å². The predicted molar refractivity (Wildman–Crippen MR) is 64.9 cm³/mol. The van der Waals surface area contributed by atoms with Crippen LogP contribution in [0.25, 0.3) is 0 Å². The molecule has 0 radical (unpaired) electrons. The van der Waals surface area contributed by atoms with Gasteiger partial charge in [-0.2, -0.15) is 0 Å². The number of thioether (sulfide) groups is 1. The second kappa shape index (κ2) is 6.96. The number of ether oxygens (including phenoxy) is 2. The quantitative estimate of drug-likeness (QED) is 0.591. The summed E-state index contributed by atoms with van der Waals surface area (Å²) >= 11 is 1.35. The third kappa shape index (κ3) is 4.48. The summed E-state index contributed by atoms with van der Waals surface area (Å²) in [6.07, 6.45) is 0.209. The van der Waals surface area contributed by atoms with Crippen LogP contribution in [-0.4, -0.2) is 31.9 Å². The first-order valence-electron chi connectivity index (χ1n) is 5.01. The SMILES string of the molecule is COC(=O)CSc1ccccc1CC(=O)OC. The average Bonchev–Trinajstić information content (AvgIpc) is 2.37. The van der Waals surface area contributed by atoms with Crippen LogP contribution in [0.1, 0.15) is 5.56 Å². The molecular weight excluding hydrogens is 240 g/mol. The summed E-state index contributed by atoms with van der Waals surface area (Å²) in [5, 5.41) is 0. The van der Waals surface area contributed by atoms with E-state index in [9.17, 15) is 9.59 Å². The van der Waals surface area contributed by atoms with E-state index >= 15 is 0 Å². The molecule has 1 aromatic carbocycles. The lowest BCUT2D eigenvalue weighted by atomic mass is 10.1. The van der Waals surface area contributed by atoms with E-state index in [0.717, 1.165) is 10.5 Å². The number of hydrogen-bond acceptors (Lipinski definition) is 5. The van der Waals surface area contributed by atoms with Crippen LogP contribution in [0.2, 0.25) is 0 Å². The highest BCUT2D eigenvalue weighted by Gasteiger charge is 2.09. The molecule has 0 unspecified atom stereocenters. The Morgan fingerprint density at radius 1 is 1.12 bits per heavy atom. The van der Waals surface area contributed by atoms with Crippen LogP contribution in [0.4, 0.5) is 0 Å². The van der Waals surface area contributed by atoms with Gasteiger partial charge in [0.05, 0.1) is 26.4 Å². The normalized spacial score (nSPS) is 9.76. The molecule has 0 bridgehead atoms. The van der Waals surface area contributed by atoms with Crippen LogP contribution >= 0.6 is 11.8 Å². The van der Waals surface area contributed by atoms with E-state index in [2.05, 4.69) is 9.47 Å². The zero-order chi connectivity index (χ0) is 12.7. The number of hydrogen-bond donors (Lipinski definition) is 0. The van der Waals surface area contributed by atoms with Crippen molar-refractivity contribution in [1.82, 2.24) is 0 Å². The maximum Gasteiger partial charge on any atom is 0.315 e. The van der Waals surface area contributed by atoms with Gasteiger partial charge in [-0.05, 0) is 11.6 Å². The van der Waals surface area contributed by atoms with E-state index in [1.54, 1.807) is 0 Å². The monoisotopic (exact) mass is 254 g/mol. The Morgan fingerprint density at radius 2 is 1.76 bits per heavy atom. The van der Waals surface area contributed by atoms with Crippen molar-refractivity contribution in [3.63, 3.8) is 0 Å². The summed E-state index contributed by atoms with van der Waals surface area (Å²) in [7, 11) is 2.70. The summed E-state index contributed by atoms with van der Waals surface area (Å²) in [5.74, 6) is -0.353. The number of carbonyl (C=O) groups is 2. The summed E-state index contributed by atoms with van der Waals surface area (Å²) in [6.45, 7) is 0. The van der Waals surface area contributed by atoms with E-state index in [1.165, 1.54) is 26.0 Å². The molecule has 0 saturated carbocycles. The number of esters is 2. The average molecular weight is 254 g/mol. The summed E-state index contributed by atoms with van der Waals surface area (Å²) < 4.78 is 9.18. The molecule has 0 saturated heterocycles. The van der Waals surface area contributed by atoms with Crippen molar-refractivity contribution in [3.05, 3.63) is 29.8 Å². The van der Waals surface area contributed by atoms with E-state index in [4.69, 9.17) is 0 Å². The largest absolute Gasteiger partial charge is 0.469 e. The van der Waals surface area contributed by atoms with Crippen LogP contribution in [0, 0.1) is 0 Å². The molecule has 0 aliphatic heterocycles. The molecule has 1 rings (SSSR count). The Hall–Kier alpha value is -1.49. The maximum absolute atomic E-state index is 11.2. The third-order valence-electron chi connectivity index (χ3n) is 2.11. The Balaban J connectivity index is 2.70. The van der Waals surface area contributed by atoms with Crippen molar-refractivity contribution in [2.24, 2.45) is 0 Å². The van der Waals surface area contributed by atoms with Gasteiger partial charge >= 0.3 is 11.9 Å². The summed E-state index contributed by atoms with van der Waals surface area (Å²) in [6, 6.07) is 7.42. The van der Waals surface area contributed by atoms with E-state index in [0.29, 0.717) is 0 Å². The van der Waals surface area contributed by atoms with Crippen LogP contribution in [0.5, 0.6) is 0 Å². The molecule has 17 heavy (non-hydrogen) atoms. The van der Waals surface area contributed by atoms with Crippen molar-refractivity contribution in [2.45, 2.75) is 11.3 Å². The fourth-order valence-electron chi connectivity index (χ4n) is 1.21. The highest BCUT2D eigenvalue weighted by molar-refractivity contribution is 8.00. The predicted octanol–water partition coefficient (Wildman–Crippen LogP) is 1.67. The molecule has 1 aromatic rings. The molecule has 0 atom stereocenters. The Morgan fingerprint density at radius 3 is 2.41 bits per heavy atom. The molecule has 0 fully saturated rings. The fraction of sp³-hybridized carbons (Fsp3) is 0.333. The number of benzene rings is 1. The van der Waals surface area contributed by atoms with Gasteiger partial charge in [0.25, 0.3) is 0 Å². The molecule has 0 amide bonds. The van der Waals surface area contributed by atoms with Gasteiger partial charge in [-0.15, -0.1) is 11.8 Å². The van der Waals surface area contributed by atoms with Gasteiger partial charge in [-0.3, -0.25) is 9.59 Å². The minimum Gasteiger partial charge on any atom is -0.469 e. The standard InChI is InChI=1S/C12H14O4S/c1-15-11(13)7-9-5-3-4-6-10(9)17-8-12(14)16-2/h3-6H,7-8H2,1-2H3. The van der Waals surface area contributed by atoms with E-state index in [1.807, 2.05) is 24.3 Å². The zero-order valence-corrected chi connectivity index (χ0v) is 10.6. The number of methoxy groups -OCH3 is 2. The maximum atomic E-state index is 11.2. The van der Waals surface area contributed by atoms with Gasteiger partial charge in [-0.1, -0.05) is 18.2 Å². The lowest BCUT2D eigenvalue weighted by Crippen LogP contribution is -2.07. The van der Waals surface area contributed by atoms with Gasteiger partial charge in [-0.25, -0.2) is 0 Å². The third-order valence-corrected chi connectivity index (χ3v) is 3.20. The first kappa shape index (κ1) is 13.6. The van der Waals surface area contributed by atoms with Crippen molar-refractivity contribution < 1.29 is 19.1 Å². The minimum absolute atomic E-state index is 0.209. The summed E-state index contributed by atoms with van der Waals surface area (Å²) in [4.78, 5) is 23.1. The van der Waals surface area contributed by atoms with Crippen LogP contribution in [0.3, 0.4) is 0 Å². The lowest BCUT2D eigenvalue weighted by molar-refractivity contribution is -0.140. The first-order chi connectivity index (χ1) is 8.17. The highest BCUT2D eigenvalue weighted by atomic mass is 32.2. The fourth-order valence-corrected chi connectivity index (χ4v) is 2.11. The first-order valence-corrected chi connectivity index (χ1v) is 6.00. The number of rotatable bonds is 5. The van der Waals surface area contributed by atoms with Crippen LogP contribution in [-0.2, 0) is 25.5 Å². The highest BCUT2D eigenvalue weighted by Crippen LogP contribution is 2.23. The second-order valence-corrected chi connectivity index (χ2v) is 4.24. The topological polar surface area (TPSA) is 52.6 Å². The van der Waals surface area contributed by atoms with Gasteiger partial charge in [0.15, 0.2) is 0 Å². The Labute approximate surface area is 104 Å². The smallest absolute Gasteiger partial charge is 0.315 e. The minimum atomic E-state index is -0.295. The molecule has 0 N–H and O–H groups in total. The zero-order valence-electron chi connectivity index (χ0n) is 9.76.